The Morgan fingerprint density at radius 2 is 1.59 bits per heavy atom. The van der Waals surface area contributed by atoms with Gasteiger partial charge in [-0.1, -0.05) is 62.4 Å². The van der Waals surface area contributed by atoms with Gasteiger partial charge in [-0.3, -0.25) is 15.4 Å². The minimum atomic E-state index is -0.457. The van der Waals surface area contributed by atoms with Crippen molar-refractivity contribution in [3.05, 3.63) is 130 Å². The van der Waals surface area contributed by atoms with Crippen LogP contribution < -0.4 is 10.2 Å². The van der Waals surface area contributed by atoms with E-state index in [1.165, 1.54) is 24.8 Å². The predicted octanol–water partition coefficient (Wildman–Crippen LogP) is 6.63. The molecule has 1 unspecified atom stereocenters. The molecule has 7 nitrogen and oxygen atoms in total. The predicted molar refractivity (Wildman–Crippen MR) is 155 cm³/mol. The van der Waals surface area contributed by atoms with Crippen LogP contribution in [0.4, 0.5) is 4.39 Å². The van der Waals surface area contributed by atoms with Gasteiger partial charge in [0.25, 0.3) is 0 Å². The van der Waals surface area contributed by atoms with Gasteiger partial charge in [0.1, 0.15) is 11.6 Å². The van der Waals surface area contributed by atoms with E-state index in [0.29, 0.717) is 29.4 Å². The van der Waals surface area contributed by atoms with E-state index in [9.17, 15) is 9.18 Å². The number of hydroxylamine groups is 1. The minimum Gasteiger partial charge on any atom is -0.481 e. The molecule has 0 amide bonds. The van der Waals surface area contributed by atoms with Crippen LogP contribution in [0.1, 0.15) is 54.7 Å². The molecule has 214 valence electrons. The van der Waals surface area contributed by atoms with E-state index in [1.54, 1.807) is 25.3 Å². The number of nitrogens with zero attached hydrogens (tertiary/aromatic N) is 1. The van der Waals surface area contributed by atoms with Gasteiger partial charge in [-0.05, 0) is 65.8 Å². The number of hydrogen-bond donors (Lipinski definition) is 2. The van der Waals surface area contributed by atoms with Gasteiger partial charge in [0.05, 0.1) is 25.5 Å². The van der Waals surface area contributed by atoms with E-state index in [-0.39, 0.29) is 18.5 Å². The maximum atomic E-state index is 13.1. The zero-order valence-electron chi connectivity index (χ0n) is 23.8. The van der Waals surface area contributed by atoms with Crippen molar-refractivity contribution in [2.24, 2.45) is 5.92 Å². The number of ether oxygens (including phenoxy) is 2. The Hall–Kier alpha value is -4.43. The van der Waals surface area contributed by atoms with Crippen LogP contribution in [0.25, 0.3) is 0 Å². The van der Waals surface area contributed by atoms with Gasteiger partial charge in [0.2, 0.25) is 0 Å². The van der Waals surface area contributed by atoms with Crippen LogP contribution in [0.2, 0.25) is 0 Å². The molecule has 0 aliphatic carbocycles. The average molecular weight is 558 g/mol. The van der Waals surface area contributed by atoms with Gasteiger partial charge in [-0.15, -0.1) is 0 Å². The lowest BCUT2D eigenvalue weighted by molar-refractivity contribution is -0.136. The van der Waals surface area contributed by atoms with Gasteiger partial charge in [0.15, 0.2) is 6.10 Å². The standard InChI is InChI=1S/C33H36FN3O4/c1-22(2)17-24-5-11-27(12-6-24)32(28-19-35-36-20-28)41-30-15-9-25(10-16-30)18-31(33(38)39-4)23(3)37-40-21-26-7-13-29(34)14-8-26/h5-16,19-20,22,32,37H,17-18,21H2,1-4H3,(H,35,36). The fraction of sp³-hybridized carbons (Fsp3) is 0.273. The first-order valence-electron chi connectivity index (χ1n) is 13.6. The second-order valence-corrected chi connectivity index (χ2v) is 10.3. The maximum absolute atomic E-state index is 13.1. The zero-order valence-corrected chi connectivity index (χ0v) is 23.8. The molecule has 0 aliphatic rings. The minimum absolute atomic E-state index is 0.205. The van der Waals surface area contributed by atoms with Crippen LogP contribution >= 0.6 is 0 Å². The third-order valence-electron chi connectivity index (χ3n) is 6.57. The number of H-pyrrole nitrogens is 1. The highest BCUT2D eigenvalue weighted by Crippen LogP contribution is 2.29. The number of carbonyl (C=O) groups is 1. The van der Waals surface area contributed by atoms with Gasteiger partial charge in [0, 0.05) is 23.9 Å². The number of aromatic amines is 1. The molecule has 0 saturated carbocycles. The number of hydrogen-bond acceptors (Lipinski definition) is 6. The van der Waals surface area contributed by atoms with E-state index < -0.39 is 5.97 Å². The fourth-order valence-electron chi connectivity index (χ4n) is 4.41. The van der Waals surface area contributed by atoms with Gasteiger partial charge in [-0.25, -0.2) is 9.18 Å². The smallest absolute Gasteiger partial charge is 0.335 e. The van der Waals surface area contributed by atoms with Crippen LogP contribution in [0.5, 0.6) is 5.75 Å². The van der Waals surface area contributed by atoms with Crippen molar-refractivity contribution in [2.45, 2.75) is 46.3 Å². The van der Waals surface area contributed by atoms with Gasteiger partial charge in [-0.2, -0.15) is 5.10 Å². The second-order valence-electron chi connectivity index (χ2n) is 10.3. The van der Waals surface area contributed by atoms with Crippen molar-refractivity contribution in [3.63, 3.8) is 0 Å². The summed E-state index contributed by atoms with van der Waals surface area (Å²) in [6.45, 7) is 6.37. The van der Waals surface area contributed by atoms with Gasteiger partial charge >= 0.3 is 5.97 Å². The molecule has 0 aliphatic heterocycles. The normalized spacial score (nSPS) is 12.5. The lowest BCUT2D eigenvalue weighted by Crippen LogP contribution is -2.19. The third kappa shape index (κ3) is 8.53. The molecule has 0 spiro atoms. The summed E-state index contributed by atoms with van der Waals surface area (Å²) in [7, 11) is 1.34. The molecular formula is C33H36FN3O4. The molecule has 0 bridgehead atoms. The third-order valence-corrected chi connectivity index (χ3v) is 6.57. The van der Waals surface area contributed by atoms with Crippen LogP contribution in [0.15, 0.2) is 96.5 Å². The van der Waals surface area contributed by atoms with Crippen molar-refractivity contribution in [3.8, 4) is 5.75 Å². The Kier molecular flexibility index (Phi) is 10.3. The Bertz CT molecular complexity index is 1420. The van der Waals surface area contributed by atoms with E-state index >= 15 is 0 Å². The Balaban J connectivity index is 1.44. The molecule has 3 aromatic carbocycles. The molecule has 4 aromatic rings. The lowest BCUT2D eigenvalue weighted by atomic mass is 9.98. The molecule has 41 heavy (non-hydrogen) atoms. The molecule has 1 atom stereocenters. The Labute approximate surface area is 240 Å². The van der Waals surface area contributed by atoms with Crippen molar-refractivity contribution >= 4 is 5.97 Å². The summed E-state index contributed by atoms with van der Waals surface area (Å²) in [5.41, 5.74) is 8.71. The highest BCUT2D eigenvalue weighted by Gasteiger charge is 2.19. The van der Waals surface area contributed by atoms with Gasteiger partial charge < -0.3 is 9.47 Å². The fourth-order valence-corrected chi connectivity index (χ4v) is 4.41. The monoisotopic (exact) mass is 557 g/mol. The second kappa shape index (κ2) is 14.3. The van der Waals surface area contributed by atoms with Crippen molar-refractivity contribution in [1.82, 2.24) is 15.7 Å². The van der Waals surface area contributed by atoms with Crippen LogP contribution in [-0.2, 0) is 33.8 Å². The summed E-state index contributed by atoms with van der Waals surface area (Å²) in [5, 5.41) is 6.99. The largest absolute Gasteiger partial charge is 0.481 e. The van der Waals surface area contributed by atoms with Crippen molar-refractivity contribution < 1.29 is 23.5 Å². The number of rotatable bonds is 13. The number of benzene rings is 3. The van der Waals surface area contributed by atoms with Crippen LogP contribution in [-0.4, -0.2) is 23.3 Å². The molecular weight excluding hydrogens is 521 g/mol. The Morgan fingerprint density at radius 3 is 2.20 bits per heavy atom. The lowest BCUT2D eigenvalue weighted by Gasteiger charge is -2.19. The first-order chi connectivity index (χ1) is 19.8. The summed E-state index contributed by atoms with van der Waals surface area (Å²) in [6.07, 6.45) is 4.62. The topological polar surface area (TPSA) is 85.5 Å². The molecule has 1 heterocycles. The van der Waals surface area contributed by atoms with E-state index in [2.05, 4.69) is 53.8 Å². The molecule has 4 rings (SSSR count). The summed E-state index contributed by atoms with van der Waals surface area (Å²) < 4.78 is 24.6. The van der Waals surface area contributed by atoms with Crippen LogP contribution in [0.3, 0.4) is 0 Å². The first kappa shape index (κ1) is 29.6. The highest BCUT2D eigenvalue weighted by atomic mass is 19.1. The SMILES string of the molecule is COC(=O)C(Cc1ccc(OC(c2ccc(CC(C)C)cc2)c2cn[nH]c2)cc1)=C(C)NOCc1ccc(F)cc1. The molecule has 0 fully saturated rings. The number of methoxy groups -OCH3 is 1. The van der Waals surface area contributed by atoms with E-state index in [1.807, 2.05) is 30.5 Å². The van der Waals surface area contributed by atoms with E-state index in [4.69, 9.17) is 14.3 Å². The maximum Gasteiger partial charge on any atom is 0.335 e. The summed E-state index contributed by atoms with van der Waals surface area (Å²) in [4.78, 5) is 18.1. The number of halogens is 1. The van der Waals surface area contributed by atoms with Crippen LogP contribution in [0, 0.1) is 11.7 Å². The highest BCUT2D eigenvalue weighted by molar-refractivity contribution is 5.89. The quantitative estimate of drug-likeness (QED) is 0.109. The summed E-state index contributed by atoms with van der Waals surface area (Å²) >= 11 is 0. The summed E-state index contributed by atoms with van der Waals surface area (Å²) in [5.74, 6) is 0.507. The number of esters is 1. The molecule has 8 heteroatoms. The molecule has 0 radical (unpaired) electrons. The van der Waals surface area contributed by atoms with E-state index in [0.717, 1.165) is 28.7 Å². The Morgan fingerprint density at radius 1 is 0.927 bits per heavy atom. The molecule has 2 N–H and O–H groups in total. The number of nitrogens with one attached hydrogen (secondary N) is 2. The van der Waals surface area contributed by atoms with Crippen molar-refractivity contribution in [1.29, 1.82) is 0 Å². The number of allylic oxidation sites excluding steroid dienone is 1. The van der Waals surface area contributed by atoms with Crippen molar-refractivity contribution in [2.75, 3.05) is 7.11 Å². The number of aromatic nitrogens is 2. The molecule has 0 saturated heterocycles. The average Bonchev–Trinajstić information content (AvgIpc) is 3.51. The molecule has 1 aromatic heterocycles. The zero-order chi connectivity index (χ0) is 29.2. The first-order valence-corrected chi connectivity index (χ1v) is 13.6. The summed E-state index contributed by atoms with van der Waals surface area (Å²) in [6, 6.07) is 22.1. The number of carbonyl (C=O) groups excluding carboxylic acids is 1.